The van der Waals surface area contributed by atoms with Crippen LogP contribution >= 0.6 is 22.7 Å². The zero-order chi connectivity index (χ0) is 20.5. The molecule has 1 atom stereocenters. The maximum Gasteiger partial charge on any atom is 0.307 e. The fourth-order valence-corrected chi connectivity index (χ4v) is 5.38. The Morgan fingerprint density at radius 3 is 2.68 bits per heavy atom. The SMILES string of the molecule is Cc1csc(=O)n1CCC(=O)NNC(=O)c1cc2c(s1)CCC(C(C)(C)C)C2. The Balaban J connectivity index is 1.52. The summed E-state index contributed by atoms with van der Waals surface area (Å²) in [6.07, 6.45) is 3.29. The van der Waals surface area contributed by atoms with E-state index >= 15 is 0 Å². The number of aryl methyl sites for hydroxylation is 2. The highest BCUT2D eigenvalue weighted by atomic mass is 32.1. The molecule has 0 radical (unpaired) electrons. The first-order valence-electron chi connectivity index (χ1n) is 9.51. The molecule has 2 amide bonds. The van der Waals surface area contributed by atoms with E-state index in [1.54, 1.807) is 9.95 Å². The van der Waals surface area contributed by atoms with Crippen LogP contribution in [0.2, 0.25) is 0 Å². The second-order valence-corrected chi connectivity index (χ2v) is 10.4. The quantitative estimate of drug-likeness (QED) is 0.744. The first-order valence-corrected chi connectivity index (χ1v) is 11.2. The van der Waals surface area contributed by atoms with Crippen LogP contribution in [0.25, 0.3) is 0 Å². The molecular formula is C20H27N3O3S2. The lowest BCUT2D eigenvalue weighted by Crippen LogP contribution is -2.41. The van der Waals surface area contributed by atoms with Gasteiger partial charge in [0.25, 0.3) is 5.91 Å². The minimum Gasteiger partial charge on any atom is -0.303 e. The lowest BCUT2D eigenvalue weighted by molar-refractivity contribution is -0.122. The molecule has 0 aromatic carbocycles. The second kappa shape index (κ2) is 8.21. The largest absolute Gasteiger partial charge is 0.307 e. The first-order chi connectivity index (χ1) is 13.1. The van der Waals surface area contributed by atoms with Crippen molar-refractivity contribution < 1.29 is 9.59 Å². The molecule has 1 aliphatic rings. The molecule has 2 aromatic heterocycles. The van der Waals surface area contributed by atoms with Crippen molar-refractivity contribution in [1.82, 2.24) is 15.4 Å². The van der Waals surface area contributed by atoms with Gasteiger partial charge in [-0.25, -0.2) is 0 Å². The first kappa shape index (κ1) is 20.8. The molecule has 0 saturated heterocycles. The van der Waals surface area contributed by atoms with E-state index in [-0.39, 0.29) is 28.5 Å². The summed E-state index contributed by atoms with van der Waals surface area (Å²) in [5.74, 6) is 0.0121. The van der Waals surface area contributed by atoms with Crippen LogP contribution in [0, 0.1) is 18.3 Å². The number of carbonyl (C=O) groups is 2. The van der Waals surface area contributed by atoms with Gasteiger partial charge < -0.3 is 4.57 Å². The number of nitrogens with one attached hydrogen (secondary N) is 2. The Bertz CT molecular complexity index is 933. The van der Waals surface area contributed by atoms with E-state index < -0.39 is 0 Å². The molecule has 1 aliphatic carbocycles. The van der Waals surface area contributed by atoms with Crippen molar-refractivity contribution in [3.8, 4) is 0 Å². The van der Waals surface area contributed by atoms with Crippen molar-refractivity contribution in [2.75, 3.05) is 0 Å². The van der Waals surface area contributed by atoms with Crippen molar-refractivity contribution in [1.29, 1.82) is 0 Å². The summed E-state index contributed by atoms with van der Waals surface area (Å²) in [6.45, 7) is 8.94. The molecule has 8 heteroatoms. The molecule has 0 fully saturated rings. The number of hydrogen-bond donors (Lipinski definition) is 2. The third-order valence-corrected chi connectivity index (χ3v) is 7.50. The van der Waals surface area contributed by atoms with Gasteiger partial charge in [0.2, 0.25) is 5.91 Å². The van der Waals surface area contributed by atoms with Crippen molar-refractivity contribution in [2.45, 2.75) is 59.9 Å². The zero-order valence-corrected chi connectivity index (χ0v) is 18.4. The van der Waals surface area contributed by atoms with E-state index in [0.29, 0.717) is 17.3 Å². The van der Waals surface area contributed by atoms with E-state index in [4.69, 9.17) is 0 Å². The third-order valence-electron chi connectivity index (χ3n) is 5.39. The van der Waals surface area contributed by atoms with Crippen LogP contribution in [-0.2, 0) is 24.2 Å². The van der Waals surface area contributed by atoms with Crippen molar-refractivity contribution >= 4 is 34.5 Å². The van der Waals surface area contributed by atoms with Crippen molar-refractivity contribution in [3.63, 3.8) is 0 Å². The van der Waals surface area contributed by atoms with Crippen LogP contribution in [0.4, 0.5) is 0 Å². The third kappa shape index (κ3) is 4.72. The fourth-order valence-electron chi connectivity index (χ4n) is 3.51. The van der Waals surface area contributed by atoms with Crippen LogP contribution in [0.1, 0.15) is 59.4 Å². The topological polar surface area (TPSA) is 80.2 Å². The number of nitrogens with zero attached hydrogens (tertiary/aromatic N) is 1. The molecule has 3 rings (SSSR count). The van der Waals surface area contributed by atoms with Gasteiger partial charge in [0.05, 0.1) is 4.88 Å². The molecule has 152 valence electrons. The summed E-state index contributed by atoms with van der Waals surface area (Å²) < 4.78 is 1.56. The highest BCUT2D eigenvalue weighted by Crippen LogP contribution is 2.40. The van der Waals surface area contributed by atoms with E-state index in [1.807, 2.05) is 13.0 Å². The summed E-state index contributed by atoms with van der Waals surface area (Å²) in [5.41, 5.74) is 7.31. The Hall–Kier alpha value is -1.93. The Kier molecular flexibility index (Phi) is 6.09. The Morgan fingerprint density at radius 2 is 2.04 bits per heavy atom. The van der Waals surface area contributed by atoms with Crippen LogP contribution in [0.3, 0.4) is 0 Å². The standard InChI is InChI=1S/C20H27N3O3S2/c1-12-11-27-19(26)23(12)8-7-17(24)21-22-18(25)16-10-13-9-14(20(2,3)4)5-6-15(13)28-16/h10-11,14H,5-9H2,1-4H3,(H,21,24)(H,22,25). The second-order valence-electron chi connectivity index (χ2n) is 8.41. The molecule has 2 N–H and O–H groups in total. The summed E-state index contributed by atoms with van der Waals surface area (Å²) in [4.78, 5) is 37.9. The van der Waals surface area contributed by atoms with Gasteiger partial charge in [-0.05, 0) is 49.1 Å². The van der Waals surface area contributed by atoms with Crippen molar-refractivity contribution in [3.05, 3.63) is 42.1 Å². The Morgan fingerprint density at radius 1 is 1.29 bits per heavy atom. The molecule has 1 unspecified atom stereocenters. The molecule has 0 bridgehead atoms. The number of fused-ring (bicyclic) bond motifs is 1. The summed E-state index contributed by atoms with van der Waals surface area (Å²) >= 11 is 2.64. The number of rotatable bonds is 4. The molecule has 6 nitrogen and oxygen atoms in total. The maximum atomic E-state index is 12.4. The average molecular weight is 422 g/mol. The molecule has 2 heterocycles. The zero-order valence-electron chi connectivity index (χ0n) is 16.8. The lowest BCUT2D eigenvalue weighted by atomic mass is 9.72. The molecule has 28 heavy (non-hydrogen) atoms. The highest BCUT2D eigenvalue weighted by Gasteiger charge is 2.30. The van der Waals surface area contributed by atoms with E-state index in [9.17, 15) is 14.4 Å². The predicted molar refractivity (Wildman–Crippen MR) is 113 cm³/mol. The number of thiazole rings is 1. The maximum absolute atomic E-state index is 12.4. The Labute approximate surface area is 172 Å². The van der Waals surface area contributed by atoms with Gasteiger partial charge in [0.1, 0.15) is 0 Å². The number of hydrazine groups is 1. The minimum atomic E-state index is -0.319. The molecule has 0 saturated carbocycles. The summed E-state index contributed by atoms with van der Waals surface area (Å²) in [6, 6.07) is 1.97. The van der Waals surface area contributed by atoms with Gasteiger partial charge in [-0.3, -0.25) is 25.2 Å². The lowest BCUT2D eigenvalue weighted by Gasteiger charge is -2.33. The summed E-state index contributed by atoms with van der Waals surface area (Å²) in [7, 11) is 0. The van der Waals surface area contributed by atoms with Gasteiger partial charge >= 0.3 is 4.87 Å². The van der Waals surface area contributed by atoms with Crippen molar-refractivity contribution in [2.24, 2.45) is 11.3 Å². The van der Waals surface area contributed by atoms with E-state index in [2.05, 4.69) is 31.6 Å². The van der Waals surface area contributed by atoms with E-state index in [1.165, 1.54) is 21.8 Å². The van der Waals surface area contributed by atoms with Gasteiger partial charge in [-0.15, -0.1) is 11.3 Å². The number of carbonyl (C=O) groups excluding carboxylic acids is 2. The van der Waals surface area contributed by atoms with Crippen LogP contribution in [0.15, 0.2) is 16.2 Å². The van der Waals surface area contributed by atoms with Gasteiger partial charge in [0.15, 0.2) is 0 Å². The highest BCUT2D eigenvalue weighted by molar-refractivity contribution is 7.14. The van der Waals surface area contributed by atoms with Gasteiger partial charge in [-0.2, -0.15) is 0 Å². The van der Waals surface area contributed by atoms with Crippen LogP contribution in [0.5, 0.6) is 0 Å². The molecule has 2 aromatic rings. The minimum absolute atomic E-state index is 0.0768. The number of amides is 2. The van der Waals surface area contributed by atoms with Crippen LogP contribution < -0.4 is 15.7 Å². The molecule has 0 spiro atoms. The number of hydrogen-bond acceptors (Lipinski definition) is 5. The van der Waals surface area contributed by atoms with Gasteiger partial charge in [-0.1, -0.05) is 32.1 Å². The normalized spacial score (nSPS) is 16.5. The van der Waals surface area contributed by atoms with E-state index in [0.717, 1.165) is 36.3 Å². The summed E-state index contributed by atoms with van der Waals surface area (Å²) in [5, 5.41) is 1.77. The number of thiophene rings is 1. The van der Waals surface area contributed by atoms with Gasteiger partial charge in [0, 0.05) is 28.9 Å². The number of aromatic nitrogens is 1. The van der Waals surface area contributed by atoms with Crippen LogP contribution in [-0.4, -0.2) is 16.4 Å². The predicted octanol–water partition coefficient (Wildman–Crippen LogP) is 3.28. The monoisotopic (exact) mass is 421 g/mol. The average Bonchev–Trinajstić information content (AvgIpc) is 3.20. The molecular weight excluding hydrogens is 394 g/mol. The molecule has 0 aliphatic heterocycles. The smallest absolute Gasteiger partial charge is 0.303 e. The fraction of sp³-hybridized carbons (Fsp3) is 0.550.